The number of carbonyl (C=O) groups excluding carboxylic acids is 1. The molecule has 1 amide bonds. The molecule has 0 atom stereocenters. The summed E-state index contributed by atoms with van der Waals surface area (Å²) in [5.74, 6) is 0.172. The summed E-state index contributed by atoms with van der Waals surface area (Å²) in [7, 11) is 0. The average Bonchev–Trinajstić information content (AvgIpc) is 3.10. The van der Waals surface area contributed by atoms with Crippen LogP contribution in [0.25, 0.3) is 11.4 Å². The summed E-state index contributed by atoms with van der Waals surface area (Å²) >= 11 is 0. The Morgan fingerprint density at radius 2 is 1.88 bits per heavy atom. The quantitative estimate of drug-likeness (QED) is 0.757. The van der Waals surface area contributed by atoms with Crippen LogP contribution in [0.5, 0.6) is 0 Å². The van der Waals surface area contributed by atoms with Crippen LogP contribution in [0, 0.1) is 0 Å². The second-order valence-electron chi connectivity index (χ2n) is 5.55. The first-order valence-electron chi connectivity index (χ1n) is 7.85. The third kappa shape index (κ3) is 3.74. The molecular weight excluding hydrogens is 345 g/mol. The smallest absolute Gasteiger partial charge is 0.322 e. The Bertz CT molecular complexity index is 917. The van der Waals surface area contributed by atoms with Crippen LogP contribution in [0.2, 0.25) is 0 Å². The molecule has 5 nitrogen and oxygen atoms in total. The van der Waals surface area contributed by atoms with Crippen LogP contribution >= 0.6 is 0 Å². The predicted molar refractivity (Wildman–Crippen MR) is 90.5 cm³/mol. The minimum Gasteiger partial charge on any atom is -0.322 e. The first-order valence-corrected chi connectivity index (χ1v) is 7.85. The van der Waals surface area contributed by atoms with E-state index in [0.717, 1.165) is 29.8 Å². The van der Waals surface area contributed by atoms with Crippen molar-refractivity contribution in [2.75, 3.05) is 5.32 Å². The molecule has 1 aromatic heterocycles. The second-order valence-corrected chi connectivity index (χ2v) is 5.55. The summed E-state index contributed by atoms with van der Waals surface area (Å²) in [5.41, 5.74) is 0.627. The molecule has 0 saturated carbocycles. The molecule has 134 valence electrons. The molecule has 3 rings (SSSR count). The summed E-state index contributed by atoms with van der Waals surface area (Å²) in [5, 5.41) is 10.6. The van der Waals surface area contributed by atoms with Gasteiger partial charge in [-0.25, -0.2) is 0 Å². The summed E-state index contributed by atoms with van der Waals surface area (Å²) in [6.07, 6.45) is -2.82. The number of amides is 1. The lowest BCUT2D eigenvalue weighted by Gasteiger charge is -2.09. The predicted octanol–water partition coefficient (Wildman–Crippen LogP) is 4.24. The average molecular weight is 360 g/mol. The molecule has 26 heavy (non-hydrogen) atoms. The molecule has 0 bridgehead atoms. The van der Waals surface area contributed by atoms with Crippen molar-refractivity contribution >= 4 is 11.6 Å². The number of halogens is 3. The van der Waals surface area contributed by atoms with E-state index in [1.807, 2.05) is 17.6 Å². The zero-order valence-electron chi connectivity index (χ0n) is 13.8. The van der Waals surface area contributed by atoms with Crippen LogP contribution < -0.4 is 5.32 Å². The SMILES string of the molecule is CCn1cnnc1-c1cccc(NC(=O)c2ccc(C(F)(F)F)cc2)c1. The van der Waals surface area contributed by atoms with Gasteiger partial charge in [-0.2, -0.15) is 13.2 Å². The van der Waals surface area contributed by atoms with Crippen molar-refractivity contribution < 1.29 is 18.0 Å². The molecule has 1 N–H and O–H groups in total. The van der Waals surface area contributed by atoms with Crippen LogP contribution in [0.15, 0.2) is 54.9 Å². The van der Waals surface area contributed by atoms with Crippen LogP contribution in [0.4, 0.5) is 18.9 Å². The van der Waals surface area contributed by atoms with Crippen LogP contribution in [-0.4, -0.2) is 20.7 Å². The van der Waals surface area contributed by atoms with E-state index in [-0.39, 0.29) is 5.56 Å². The van der Waals surface area contributed by atoms with E-state index in [1.165, 1.54) is 0 Å². The minimum absolute atomic E-state index is 0.139. The second kappa shape index (κ2) is 6.99. The van der Waals surface area contributed by atoms with E-state index < -0.39 is 17.6 Å². The largest absolute Gasteiger partial charge is 0.416 e. The first kappa shape index (κ1) is 17.7. The number of hydrogen-bond acceptors (Lipinski definition) is 3. The summed E-state index contributed by atoms with van der Waals surface area (Å²) < 4.78 is 39.6. The van der Waals surface area contributed by atoms with Crippen molar-refractivity contribution in [2.45, 2.75) is 19.6 Å². The number of benzene rings is 2. The van der Waals surface area contributed by atoms with E-state index in [1.54, 1.807) is 24.5 Å². The van der Waals surface area contributed by atoms with E-state index in [4.69, 9.17) is 0 Å². The lowest BCUT2D eigenvalue weighted by atomic mass is 10.1. The Labute approximate surface area is 147 Å². The summed E-state index contributed by atoms with van der Waals surface area (Å²) in [6.45, 7) is 2.66. The molecule has 0 spiro atoms. The number of alkyl halides is 3. The van der Waals surface area contributed by atoms with Gasteiger partial charge in [-0.15, -0.1) is 10.2 Å². The van der Waals surface area contributed by atoms with Gasteiger partial charge in [0.1, 0.15) is 6.33 Å². The highest BCUT2D eigenvalue weighted by molar-refractivity contribution is 6.04. The highest BCUT2D eigenvalue weighted by Gasteiger charge is 2.30. The van der Waals surface area contributed by atoms with Crippen molar-refractivity contribution in [3.63, 3.8) is 0 Å². The van der Waals surface area contributed by atoms with Crippen molar-refractivity contribution in [3.8, 4) is 11.4 Å². The zero-order chi connectivity index (χ0) is 18.7. The Morgan fingerprint density at radius 1 is 1.15 bits per heavy atom. The maximum absolute atomic E-state index is 12.6. The molecule has 0 fully saturated rings. The maximum atomic E-state index is 12.6. The number of aryl methyl sites for hydroxylation is 1. The van der Waals surface area contributed by atoms with Crippen molar-refractivity contribution in [1.82, 2.24) is 14.8 Å². The van der Waals surface area contributed by atoms with Crippen LogP contribution in [-0.2, 0) is 12.7 Å². The molecule has 0 unspecified atom stereocenters. The van der Waals surface area contributed by atoms with Gasteiger partial charge in [0.2, 0.25) is 0 Å². The summed E-state index contributed by atoms with van der Waals surface area (Å²) in [4.78, 5) is 12.3. The van der Waals surface area contributed by atoms with Crippen molar-refractivity contribution in [2.24, 2.45) is 0 Å². The fraction of sp³-hybridized carbons (Fsp3) is 0.167. The fourth-order valence-corrected chi connectivity index (χ4v) is 2.46. The highest BCUT2D eigenvalue weighted by Crippen LogP contribution is 2.29. The number of rotatable bonds is 4. The van der Waals surface area contributed by atoms with Crippen molar-refractivity contribution in [3.05, 3.63) is 66.0 Å². The van der Waals surface area contributed by atoms with Gasteiger partial charge < -0.3 is 9.88 Å². The molecule has 0 radical (unpaired) electrons. The van der Waals surface area contributed by atoms with Gasteiger partial charge in [0.05, 0.1) is 5.56 Å². The van der Waals surface area contributed by atoms with Gasteiger partial charge in [0, 0.05) is 23.4 Å². The van der Waals surface area contributed by atoms with Gasteiger partial charge in [0.15, 0.2) is 5.82 Å². The number of hydrogen-bond donors (Lipinski definition) is 1. The maximum Gasteiger partial charge on any atom is 0.416 e. The molecule has 8 heteroatoms. The molecule has 0 aliphatic rings. The Kier molecular flexibility index (Phi) is 4.75. The molecule has 3 aromatic rings. The summed E-state index contributed by atoms with van der Waals surface area (Å²) in [6, 6.07) is 11.1. The number of nitrogens with one attached hydrogen (secondary N) is 1. The topological polar surface area (TPSA) is 59.8 Å². The molecule has 0 aliphatic carbocycles. The zero-order valence-corrected chi connectivity index (χ0v) is 13.8. The standard InChI is InChI=1S/C18H15F3N4O/c1-2-25-11-22-24-16(25)13-4-3-5-15(10-13)23-17(26)12-6-8-14(9-7-12)18(19,20)21/h3-11H,2H2,1H3,(H,23,26). The molecule has 0 saturated heterocycles. The third-order valence-electron chi connectivity index (χ3n) is 3.81. The molecular formula is C18H15F3N4O. The lowest BCUT2D eigenvalue weighted by molar-refractivity contribution is -0.137. The van der Waals surface area contributed by atoms with Crippen LogP contribution in [0.3, 0.4) is 0 Å². The lowest BCUT2D eigenvalue weighted by Crippen LogP contribution is -2.13. The molecule has 1 heterocycles. The normalized spacial score (nSPS) is 11.4. The third-order valence-corrected chi connectivity index (χ3v) is 3.81. The Balaban J connectivity index is 1.79. The molecule has 2 aromatic carbocycles. The monoisotopic (exact) mass is 360 g/mol. The van der Waals surface area contributed by atoms with Crippen LogP contribution in [0.1, 0.15) is 22.8 Å². The number of nitrogens with zero attached hydrogens (tertiary/aromatic N) is 3. The number of aromatic nitrogens is 3. The van der Waals surface area contributed by atoms with Gasteiger partial charge in [0.25, 0.3) is 5.91 Å². The van der Waals surface area contributed by atoms with Crippen molar-refractivity contribution in [1.29, 1.82) is 0 Å². The molecule has 0 aliphatic heterocycles. The van der Waals surface area contributed by atoms with E-state index in [9.17, 15) is 18.0 Å². The Hall–Kier alpha value is -3.16. The number of anilines is 1. The number of carbonyl (C=O) groups is 1. The highest BCUT2D eigenvalue weighted by atomic mass is 19.4. The van der Waals surface area contributed by atoms with E-state index in [2.05, 4.69) is 15.5 Å². The minimum atomic E-state index is -4.43. The van der Waals surface area contributed by atoms with Gasteiger partial charge in [-0.05, 0) is 43.3 Å². The first-order chi connectivity index (χ1) is 12.4. The van der Waals surface area contributed by atoms with Gasteiger partial charge in [-0.1, -0.05) is 12.1 Å². The van der Waals surface area contributed by atoms with Gasteiger partial charge >= 0.3 is 6.18 Å². The Morgan fingerprint density at radius 3 is 2.54 bits per heavy atom. The van der Waals surface area contributed by atoms with Gasteiger partial charge in [-0.3, -0.25) is 4.79 Å². The fourth-order valence-electron chi connectivity index (χ4n) is 2.46. The van der Waals surface area contributed by atoms with E-state index >= 15 is 0 Å². The van der Waals surface area contributed by atoms with E-state index in [0.29, 0.717) is 18.1 Å².